The fourth-order valence-corrected chi connectivity index (χ4v) is 5.45. The van der Waals surface area contributed by atoms with Gasteiger partial charge in [0.15, 0.2) is 11.6 Å². The predicted molar refractivity (Wildman–Crippen MR) is 141 cm³/mol. The van der Waals surface area contributed by atoms with Crippen LogP contribution in [0, 0.1) is 10.1 Å². The van der Waals surface area contributed by atoms with Crippen LogP contribution in [0.5, 0.6) is 5.75 Å². The number of para-hydroxylation sites is 1. The molecule has 0 radical (unpaired) electrons. The van der Waals surface area contributed by atoms with E-state index in [2.05, 4.69) is 10.1 Å². The Morgan fingerprint density at radius 3 is 2.62 bits per heavy atom. The number of ether oxygens (including phenoxy) is 1. The Balaban J connectivity index is 1.52. The van der Waals surface area contributed by atoms with Crippen molar-refractivity contribution < 1.29 is 9.66 Å². The van der Waals surface area contributed by atoms with E-state index in [0.717, 1.165) is 10.6 Å². The molecule has 2 aromatic carbocycles. The van der Waals surface area contributed by atoms with E-state index >= 15 is 0 Å². The summed E-state index contributed by atoms with van der Waals surface area (Å²) in [5.41, 5.74) is 1.94. The molecule has 0 amide bonds. The molecule has 0 aliphatic rings. The zero-order chi connectivity index (χ0) is 25.5. The number of methoxy groups -OCH3 is 1. The number of nitrogens with zero attached hydrogens (tertiary/aromatic N) is 6. The molecule has 0 spiro atoms. The van der Waals surface area contributed by atoms with Gasteiger partial charge < -0.3 is 4.74 Å². The summed E-state index contributed by atoms with van der Waals surface area (Å²) in [6.07, 6.45) is 3.50. The summed E-state index contributed by atoms with van der Waals surface area (Å²) in [7, 11) is 1.38. The van der Waals surface area contributed by atoms with Gasteiger partial charge in [-0.05, 0) is 41.8 Å². The second-order valence-electron chi connectivity index (χ2n) is 7.88. The van der Waals surface area contributed by atoms with E-state index in [4.69, 9.17) is 9.84 Å². The highest BCUT2D eigenvalue weighted by Crippen LogP contribution is 2.33. The Bertz CT molecular complexity index is 1870. The van der Waals surface area contributed by atoms with E-state index < -0.39 is 4.92 Å². The number of thiophene rings is 1. The van der Waals surface area contributed by atoms with Gasteiger partial charge in [0.2, 0.25) is 4.96 Å². The Kier molecular flexibility index (Phi) is 5.58. The normalized spacial score (nSPS) is 11.9. The van der Waals surface area contributed by atoms with Crippen LogP contribution in [0.4, 0.5) is 5.69 Å². The van der Waals surface area contributed by atoms with Crippen molar-refractivity contribution in [3.05, 3.63) is 103 Å². The van der Waals surface area contributed by atoms with Gasteiger partial charge in [-0.2, -0.15) is 14.6 Å². The molecule has 0 atom stereocenters. The first kappa shape index (κ1) is 22.8. The highest BCUT2D eigenvalue weighted by Gasteiger charge is 2.20. The Morgan fingerprint density at radius 2 is 1.92 bits per heavy atom. The maximum Gasteiger partial charge on any atom is 0.311 e. The molecule has 6 aromatic rings. The molecule has 10 nitrogen and oxygen atoms in total. The molecule has 0 aliphatic heterocycles. The van der Waals surface area contributed by atoms with Gasteiger partial charge in [-0.1, -0.05) is 35.6 Å². The summed E-state index contributed by atoms with van der Waals surface area (Å²) in [4.78, 5) is 30.2. The molecule has 4 aromatic heterocycles. The van der Waals surface area contributed by atoms with Gasteiger partial charge in [0.1, 0.15) is 5.69 Å². The minimum atomic E-state index is -0.499. The van der Waals surface area contributed by atoms with Crippen LogP contribution in [0.3, 0.4) is 0 Å². The van der Waals surface area contributed by atoms with Crippen molar-refractivity contribution in [3.63, 3.8) is 0 Å². The number of benzene rings is 2. The van der Waals surface area contributed by atoms with Crippen molar-refractivity contribution in [1.29, 1.82) is 0 Å². The van der Waals surface area contributed by atoms with Gasteiger partial charge in [-0.25, -0.2) is 4.68 Å². The van der Waals surface area contributed by atoms with Crippen LogP contribution in [-0.4, -0.2) is 36.4 Å². The summed E-state index contributed by atoms with van der Waals surface area (Å²) >= 11 is 2.72. The number of thiazole rings is 1. The molecule has 182 valence electrons. The maximum atomic E-state index is 13.2. The molecule has 37 heavy (non-hydrogen) atoms. The average Bonchev–Trinajstić information content (AvgIpc) is 3.71. The number of rotatable bonds is 6. The van der Waals surface area contributed by atoms with Crippen molar-refractivity contribution in [2.45, 2.75) is 0 Å². The lowest BCUT2D eigenvalue weighted by molar-refractivity contribution is -0.385. The van der Waals surface area contributed by atoms with Crippen LogP contribution in [0.15, 0.2) is 77.0 Å². The molecular weight excluding hydrogens is 512 g/mol. The summed E-state index contributed by atoms with van der Waals surface area (Å²) in [6.45, 7) is 0. The van der Waals surface area contributed by atoms with E-state index in [1.807, 2.05) is 47.8 Å². The van der Waals surface area contributed by atoms with Gasteiger partial charge >= 0.3 is 5.69 Å². The van der Waals surface area contributed by atoms with E-state index in [-0.39, 0.29) is 17.0 Å². The van der Waals surface area contributed by atoms with Gasteiger partial charge in [-0.3, -0.25) is 14.9 Å². The Hall–Kier alpha value is -4.68. The van der Waals surface area contributed by atoms with Gasteiger partial charge in [0.25, 0.3) is 5.56 Å². The summed E-state index contributed by atoms with van der Waals surface area (Å²) in [5, 5.41) is 22.7. The summed E-state index contributed by atoms with van der Waals surface area (Å²) in [6, 6.07) is 17.9. The number of nitro groups is 1. The third-order valence-corrected chi connectivity index (χ3v) is 7.45. The maximum absolute atomic E-state index is 13.2. The first-order valence-corrected chi connectivity index (χ1v) is 12.6. The monoisotopic (exact) mass is 528 g/mol. The van der Waals surface area contributed by atoms with Crippen molar-refractivity contribution in [3.8, 4) is 33.4 Å². The smallest absolute Gasteiger partial charge is 0.311 e. The second-order valence-corrected chi connectivity index (χ2v) is 9.84. The number of hydrogen-bond donors (Lipinski definition) is 0. The average molecular weight is 529 g/mol. The van der Waals surface area contributed by atoms with Crippen LogP contribution in [0.25, 0.3) is 38.7 Å². The van der Waals surface area contributed by atoms with E-state index in [1.54, 1.807) is 23.0 Å². The van der Waals surface area contributed by atoms with Crippen LogP contribution in [-0.2, 0) is 0 Å². The third-order valence-electron chi connectivity index (χ3n) is 5.62. The van der Waals surface area contributed by atoms with Crippen molar-refractivity contribution >= 4 is 39.4 Å². The highest BCUT2D eigenvalue weighted by atomic mass is 32.1. The van der Waals surface area contributed by atoms with Crippen molar-refractivity contribution in [2.24, 2.45) is 0 Å². The number of hydrogen-bond acceptors (Lipinski definition) is 9. The minimum Gasteiger partial charge on any atom is -0.490 e. The van der Waals surface area contributed by atoms with Crippen LogP contribution in [0.1, 0.15) is 5.56 Å². The fraction of sp³-hybridized carbons (Fsp3) is 0.0400. The third kappa shape index (κ3) is 4.07. The number of aromatic nitrogens is 5. The van der Waals surface area contributed by atoms with E-state index in [9.17, 15) is 14.9 Å². The van der Waals surface area contributed by atoms with Gasteiger partial charge in [-0.15, -0.1) is 16.4 Å². The number of nitro benzene ring substituents is 1. The molecule has 4 heterocycles. The minimum absolute atomic E-state index is 0.149. The SMILES string of the molecule is COc1ccc(-c2nn(-c3ccccc3)cc2C=c2sc3nc(-c4cccs4)nn3c2=O)cc1[N+](=O)[O-]. The largest absolute Gasteiger partial charge is 0.490 e. The number of fused-ring (bicyclic) bond motifs is 1. The lowest BCUT2D eigenvalue weighted by Crippen LogP contribution is -2.23. The molecule has 0 fully saturated rings. The molecule has 0 saturated carbocycles. The second kappa shape index (κ2) is 9.08. The first-order valence-electron chi connectivity index (χ1n) is 10.9. The molecule has 0 bridgehead atoms. The van der Waals surface area contributed by atoms with E-state index in [0.29, 0.717) is 32.1 Å². The standard InChI is InChI=1S/C25H16N6O4S2/c1-35-19-10-9-15(12-18(19)31(33)34)22-16(14-29(27-22)17-6-3-2-4-7-17)13-21-24(32)30-25(37-21)26-23(28-30)20-8-5-11-36-20/h2-14H,1H3. The summed E-state index contributed by atoms with van der Waals surface area (Å²) in [5.74, 6) is 0.656. The molecule has 0 saturated heterocycles. The van der Waals surface area contributed by atoms with Crippen LogP contribution >= 0.6 is 22.7 Å². The quantitative estimate of drug-likeness (QED) is 0.235. The zero-order valence-corrected chi connectivity index (χ0v) is 20.8. The molecule has 12 heteroatoms. The lowest BCUT2D eigenvalue weighted by Gasteiger charge is -2.04. The Morgan fingerprint density at radius 1 is 1.08 bits per heavy atom. The summed E-state index contributed by atoms with van der Waals surface area (Å²) < 4.78 is 8.54. The molecule has 0 aliphatic carbocycles. The fourth-order valence-electron chi connectivity index (χ4n) is 3.90. The van der Waals surface area contributed by atoms with Crippen LogP contribution in [0.2, 0.25) is 0 Å². The zero-order valence-electron chi connectivity index (χ0n) is 19.1. The van der Waals surface area contributed by atoms with Gasteiger partial charge in [0.05, 0.1) is 27.1 Å². The Labute approximate surface area is 216 Å². The lowest BCUT2D eigenvalue weighted by atomic mass is 10.1. The first-order chi connectivity index (χ1) is 18.0. The molecule has 0 unspecified atom stereocenters. The highest BCUT2D eigenvalue weighted by molar-refractivity contribution is 7.15. The topological polar surface area (TPSA) is 117 Å². The molecule has 0 N–H and O–H groups in total. The molecular formula is C25H16N6O4S2. The molecule has 6 rings (SSSR count). The van der Waals surface area contributed by atoms with Crippen molar-refractivity contribution in [1.82, 2.24) is 24.4 Å². The van der Waals surface area contributed by atoms with Crippen LogP contribution < -0.4 is 14.8 Å². The van der Waals surface area contributed by atoms with Crippen molar-refractivity contribution in [2.75, 3.05) is 7.11 Å². The van der Waals surface area contributed by atoms with E-state index in [1.165, 1.54) is 46.4 Å². The predicted octanol–water partition coefficient (Wildman–Crippen LogP) is 4.20. The van der Waals surface area contributed by atoms with Gasteiger partial charge in [0, 0.05) is 23.4 Å².